The molecule has 0 N–H and O–H groups in total. The number of Topliss-reactive ketones (excluding diaryl/α,β-unsaturated/α-hetero) is 1. The standard InChI is InChI=1S/C13H10ClN3O2S/c1-20-13-15-7-6-10(16-13)11(17-19)12(18)8-2-4-9(14)5-3-8/h2-7,11H,1H3. The van der Waals surface area contributed by atoms with Crippen LogP contribution < -0.4 is 0 Å². The minimum atomic E-state index is -1.18. The first-order valence-electron chi connectivity index (χ1n) is 5.65. The van der Waals surface area contributed by atoms with E-state index in [-0.39, 0.29) is 0 Å². The molecule has 7 heteroatoms. The molecule has 1 unspecified atom stereocenters. The zero-order valence-corrected chi connectivity index (χ0v) is 12.1. The molecule has 0 amide bonds. The summed E-state index contributed by atoms with van der Waals surface area (Å²) in [6, 6.07) is 6.62. The van der Waals surface area contributed by atoms with Gasteiger partial charge in [-0.3, -0.25) is 4.79 Å². The Hall–Kier alpha value is -1.79. The normalized spacial score (nSPS) is 11.9. The molecule has 2 aromatic rings. The van der Waals surface area contributed by atoms with Gasteiger partial charge in [0.2, 0.25) is 0 Å². The first kappa shape index (κ1) is 14.6. The van der Waals surface area contributed by atoms with E-state index in [1.54, 1.807) is 24.3 Å². The zero-order chi connectivity index (χ0) is 14.5. The number of nitroso groups, excluding NO2 is 1. The number of hydrogen-bond acceptors (Lipinski definition) is 6. The highest BCUT2D eigenvalue weighted by Crippen LogP contribution is 2.22. The molecule has 0 aliphatic heterocycles. The van der Waals surface area contributed by atoms with Crippen LogP contribution in [0.25, 0.3) is 0 Å². The van der Waals surface area contributed by atoms with E-state index in [0.29, 0.717) is 21.4 Å². The molecule has 1 aromatic carbocycles. The van der Waals surface area contributed by atoms with Gasteiger partial charge in [0, 0.05) is 16.8 Å². The Labute approximate surface area is 124 Å². The summed E-state index contributed by atoms with van der Waals surface area (Å²) in [6.45, 7) is 0. The van der Waals surface area contributed by atoms with E-state index in [4.69, 9.17) is 11.6 Å². The molecule has 5 nitrogen and oxygen atoms in total. The maximum Gasteiger partial charge on any atom is 0.197 e. The summed E-state index contributed by atoms with van der Waals surface area (Å²) < 4.78 is 0. The SMILES string of the molecule is CSc1nccc(C(N=O)C(=O)c2ccc(Cl)cc2)n1. The first-order chi connectivity index (χ1) is 9.65. The molecule has 0 radical (unpaired) electrons. The van der Waals surface area contributed by atoms with Crippen molar-refractivity contribution in [2.75, 3.05) is 6.26 Å². The number of carbonyl (C=O) groups is 1. The quantitative estimate of drug-likeness (QED) is 0.365. The average molecular weight is 308 g/mol. The van der Waals surface area contributed by atoms with Crippen molar-refractivity contribution in [2.45, 2.75) is 11.2 Å². The zero-order valence-electron chi connectivity index (χ0n) is 10.5. The van der Waals surface area contributed by atoms with Crippen molar-refractivity contribution in [3.05, 3.63) is 57.7 Å². The number of benzene rings is 1. The van der Waals surface area contributed by atoms with Crippen LogP contribution in [0.4, 0.5) is 0 Å². The summed E-state index contributed by atoms with van der Waals surface area (Å²) in [7, 11) is 0. The van der Waals surface area contributed by atoms with Crippen LogP contribution in [-0.2, 0) is 0 Å². The lowest BCUT2D eigenvalue weighted by Crippen LogP contribution is -2.12. The van der Waals surface area contributed by atoms with Crippen molar-refractivity contribution in [3.8, 4) is 0 Å². The minimum Gasteiger partial charge on any atom is -0.291 e. The third-order valence-corrected chi connectivity index (χ3v) is 3.41. The average Bonchev–Trinajstić information content (AvgIpc) is 2.49. The topological polar surface area (TPSA) is 72.3 Å². The molecule has 0 aliphatic rings. The van der Waals surface area contributed by atoms with Gasteiger partial charge >= 0.3 is 0 Å². The van der Waals surface area contributed by atoms with E-state index < -0.39 is 11.8 Å². The predicted octanol–water partition coefficient (Wildman–Crippen LogP) is 3.54. The van der Waals surface area contributed by atoms with Gasteiger partial charge in [0.05, 0.1) is 5.69 Å². The van der Waals surface area contributed by atoms with Gasteiger partial charge in [-0.25, -0.2) is 9.97 Å². The van der Waals surface area contributed by atoms with E-state index in [2.05, 4.69) is 15.1 Å². The summed E-state index contributed by atoms with van der Waals surface area (Å²) in [5.41, 5.74) is 0.655. The molecular weight excluding hydrogens is 298 g/mol. The van der Waals surface area contributed by atoms with Gasteiger partial charge in [-0.1, -0.05) is 28.5 Å². The van der Waals surface area contributed by atoms with Crippen LogP contribution >= 0.6 is 23.4 Å². The van der Waals surface area contributed by atoms with Crippen molar-refractivity contribution < 1.29 is 4.79 Å². The van der Waals surface area contributed by atoms with Gasteiger partial charge in [0.15, 0.2) is 17.0 Å². The molecule has 102 valence electrons. The van der Waals surface area contributed by atoms with Crippen molar-refractivity contribution >= 4 is 29.1 Å². The third kappa shape index (κ3) is 3.20. The second-order valence-corrected chi connectivity index (χ2v) is 5.06. The van der Waals surface area contributed by atoms with Gasteiger partial charge < -0.3 is 0 Å². The second-order valence-electron chi connectivity index (χ2n) is 3.85. The molecule has 1 heterocycles. The molecule has 0 spiro atoms. The van der Waals surface area contributed by atoms with Gasteiger partial charge in [-0.05, 0) is 36.6 Å². The van der Waals surface area contributed by atoms with Gasteiger partial charge in [-0.15, -0.1) is 4.91 Å². The minimum absolute atomic E-state index is 0.291. The Morgan fingerprint density at radius 3 is 2.60 bits per heavy atom. The maximum atomic E-state index is 12.3. The third-order valence-electron chi connectivity index (χ3n) is 2.60. The molecule has 0 fully saturated rings. The fourth-order valence-corrected chi connectivity index (χ4v) is 2.10. The molecule has 2 rings (SSSR count). The second kappa shape index (κ2) is 6.58. The number of nitrogens with zero attached hydrogens (tertiary/aromatic N) is 3. The predicted molar refractivity (Wildman–Crippen MR) is 78.1 cm³/mol. The lowest BCUT2D eigenvalue weighted by molar-refractivity contribution is 0.0960. The fourth-order valence-electron chi connectivity index (χ4n) is 1.61. The molecule has 1 aromatic heterocycles. The van der Waals surface area contributed by atoms with Crippen molar-refractivity contribution in [3.63, 3.8) is 0 Å². The number of thioether (sulfide) groups is 1. The number of ketones is 1. The van der Waals surface area contributed by atoms with Crippen molar-refractivity contribution in [1.82, 2.24) is 9.97 Å². The summed E-state index contributed by atoms with van der Waals surface area (Å²) in [5, 5.41) is 3.90. The maximum absolute atomic E-state index is 12.3. The summed E-state index contributed by atoms with van der Waals surface area (Å²) >= 11 is 7.09. The highest BCUT2D eigenvalue weighted by atomic mass is 35.5. The molecule has 1 atom stereocenters. The number of aromatic nitrogens is 2. The lowest BCUT2D eigenvalue weighted by atomic mass is 10.0. The highest BCUT2D eigenvalue weighted by Gasteiger charge is 2.24. The molecule has 0 bridgehead atoms. The van der Waals surface area contributed by atoms with Crippen LogP contribution in [0.15, 0.2) is 46.9 Å². The van der Waals surface area contributed by atoms with Crippen molar-refractivity contribution in [1.29, 1.82) is 0 Å². The van der Waals surface area contributed by atoms with E-state index in [9.17, 15) is 9.70 Å². The van der Waals surface area contributed by atoms with Crippen molar-refractivity contribution in [2.24, 2.45) is 5.18 Å². The molecule has 20 heavy (non-hydrogen) atoms. The van der Waals surface area contributed by atoms with Crippen LogP contribution in [-0.4, -0.2) is 22.0 Å². The largest absolute Gasteiger partial charge is 0.291 e. The summed E-state index contributed by atoms with van der Waals surface area (Å²) in [6.07, 6.45) is 3.31. The van der Waals surface area contributed by atoms with E-state index in [1.807, 2.05) is 6.26 Å². The monoisotopic (exact) mass is 307 g/mol. The Bertz CT molecular complexity index is 634. The Balaban J connectivity index is 2.33. The number of rotatable bonds is 5. The van der Waals surface area contributed by atoms with Crippen LogP contribution in [0.1, 0.15) is 22.1 Å². The Morgan fingerprint density at radius 1 is 1.30 bits per heavy atom. The van der Waals surface area contributed by atoms with Gasteiger partial charge in [0.25, 0.3) is 0 Å². The molecular formula is C13H10ClN3O2S. The molecule has 0 aliphatic carbocycles. The number of carbonyl (C=O) groups excluding carboxylic acids is 1. The molecule has 0 saturated carbocycles. The van der Waals surface area contributed by atoms with E-state index >= 15 is 0 Å². The van der Waals surface area contributed by atoms with Gasteiger partial charge in [0.1, 0.15) is 0 Å². The Morgan fingerprint density at radius 2 is 2.00 bits per heavy atom. The lowest BCUT2D eigenvalue weighted by Gasteiger charge is -2.08. The summed E-state index contributed by atoms with van der Waals surface area (Å²) in [4.78, 5) is 31.4. The highest BCUT2D eigenvalue weighted by molar-refractivity contribution is 7.98. The molecule has 0 saturated heterocycles. The van der Waals surface area contributed by atoms with Crippen LogP contribution in [0.3, 0.4) is 0 Å². The Kier molecular flexibility index (Phi) is 4.81. The fraction of sp³-hybridized carbons (Fsp3) is 0.154. The van der Waals surface area contributed by atoms with Crippen LogP contribution in [0.5, 0.6) is 0 Å². The smallest absolute Gasteiger partial charge is 0.197 e. The van der Waals surface area contributed by atoms with E-state index in [0.717, 1.165) is 0 Å². The number of halogens is 1. The van der Waals surface area contributed by atoms with Crippen LogP contribution in [0.2, 0.25) is 5.02 Å². The number of hydrogen-bond donors (Lipinski definition) is 0. The van der Waals surface area contributed by atoms with Gasteiger partial charge in [-0.2, -0.15) is 0 Å². The first-order valence-corrected chi connectivity index (χ1v) is 7.25. The van der Waals surface area contributed by atoms with Crippen LogP contribution in [0, 0.1) is 4.91 Å². The van der Waals surface area contributed by atoms with E-state index in [1.165, 1.54) is 24.0 Å². The summed E-state index contributed by atoms with van der Waals surface area (Å²) in [5.74, 6) is -0.414.